The van der Waals surface area contributed by atoms with Gasteiger partial charge in [0.2, 0.25) is 0 Å². The van der Waals surface area contributed by atoms with Gasteiger partial charge < -0.3 is 19.4 Å². The minimum Gasteiger partial charge on any atom is -0.406 e. The van der Waals surface area contributed by atoms with E-state index in [1.54, 1.807) is 23.2 Å². The molecule has 0 unspecified atom stereocenters. The number of hydrogen-bond donors (Lipinski definition) is 0. The highest BCUT2D eigenvalue weighted by Gasteiger charge is 2.32. The standard InChI is InChI=1S/C25H25F3N4O2S/c1-30(2)19-10-11-31(15-19)22-8-5-18(14-29-22)32-12-9-17-13-21(35-23(17)24(32)33)16-3-6-20(7-4-16)34-25(26,27)28/h3-8,13-14,19H,9-12,15H2,1-2H3/t19-/m0/s1. The largest absolute Gasteiger partial charge is 0.573 e. The number of alkyl halides is 3. The van der Waals surface area contributed by atoms with Gasteiger partial charge >= 0.3 is 6.36 Å². The third-order valence-corrected chi connectivity index (χ3v) is 7.70. The van der Waals surface area contributed by atoms with Crippen LogP contribution in [0.3, 0.4) is 0 Å². The van der Waals surface area contributed by atoms with E-state index >= 15 is 0 Å². The molecule has 0 saturated carbocycles. The summed E-state index contributed by atoms with van der Waals surface area (Å²) in [6.07, 6.45) is -1.17. The molecule has 2 aromatic heterocycles. The third-order valence-electron chi connectivity index (χ3n) is 6.49. The monoisotopic (exact) mass is 502 g/mol. The lowest BCUT2D eigenvalue weighted by Gasteiger charge is -2.27. The van der Waals surface area contributed by atoms with Crippen LogP contribution < -0.4 is 14.5 Å². The maximum atomic E-state index is 13.3. The first-order chi connectivity index (χ1) is 16.7. The molecule has 4 heterocycles. The van der Waals surface area contributed by atoms with Crippen molar-refractivity contribution in [3.05, 3.63) is 59.1 Å². The van der Waals surface area contributed by atoms with Crippen LogP contribution in [0.1, 0.15) is 21.7 Å². The Labute approximate surface area is 205 Å². The van der Waals surface area contributed by atoms with E-state index in [9.17, 15) is 18.0 Å². The number of benzene rings is 1. The van der Waals surface area contributed by atoms with Crippen molar-refractivity contribution in [2.75, 3.05) is 43.5 Å². The molecule has 1 saturated heterocycles. The number of carbonyl (C=O) groups excluding carboxylic acids is 1. The van der Waals surface area contributed by atoms with Crippen molar-refractivity contribution in [1.29, 1.82) is 0 Å². The Balaban J connectivity index is 1.30. The lowest BCUT2D eigenvalue weighted by molar-refractivity contribution is -0.274. The Morgan fingerprint density at radius 2 is 1.89 bits per heavy atom. The summed E-state index contributed by atoms with van der Waals surface area (Å²) in [7, 11) is 4.18. The number of anilines is 2. The fourth-order valence-corrected chi connectivity index (χ4v) is 5.72. The van der Waals surface area contributed by atoms with Crippen molar-refractivity contribution >= 4 is 28.7 Å². The van der Waals surface area contributed by atoms with Gasteiger partial charge in [-0.15, -0.1) is 24.5 Å². The van der Waals surface area contributed by atoms with Gasteiger partial charge in [-0.05, 0) is 80.5 Å². The number of carbonyl (C=O) groups is 1. The molecule has 184 valence electrons. The highest BCUT2D eigenvalue weighted by atomic mass is 32.1. The van der Waals surface area contributed by atoms with Gasteiger partial charge in [0.15, 0.2) is 0 Å². The Hall–Kier alpha value is -3.11. The van der Waals surface area contributed by atoms with Crippen LogP contribution in [-0.2, 0) is 6.42 Å². The molecule has 0 aliphatic carbocycles. The van der Waals surface area contributed by atoms with Crippen LogP contribution in [0.5, 0.6) is 5.75 Å². The number of halogens is 3. The Morgan fingerprint density at radius 1 is 1.11 bits per heavy atom. The van der Waals surface area contributed by atoms with Crippen molar-refractivity contribution in [3.63, 3.8) is 0 Å². The van der Waals surface area contributed by atoms with Gasteiger partial charge in [0.05, 0.1) is 16.8 Å². The summed E-state index contributed by atoms with van der Waals surface area (Å²) < 4.78 is 41.2. The zero-order chi connectivity index (χ0) is 24.7. The summed E-state index contributed by atoms with van der Waals surface area (Å²) in [6.45, 7) is 2.45. The number of thiophene rings is 1. The van der Waals surface area contributed by atoms with E-state index in [2.05, 4.69) is 33.6 Å². The van der Waals surface area contributed by atoms with Gasteiger partial charge in [0.25, 0.3) is 5.91 Å². The Bertz CT molecular complexity index is 1210. The first kappa shape index (κ1) is 23.6. The Morgan fingerprint density at radius 3 is 2.51 bits per heavy atom. The molecule has 1 aromatic carbocycles. The summed E-state index contributed by atoms with van der Waals surface area (Å²) >= 11 is 1.35. The van der Waals surface area contributed by atoms with Gasteiger partial charge in [0, 0.05) is 30.6 Å². The first-order valence-electron chi connectivity index (χ1n) is 11.4. The van der Waals surface area contributed by atoms with Crippen LogP contribution in [0.25, 0.3) is 10.4 Å². The quantitative estimate of drug-likeness (QED) is 0.489. The maximum absolute atomic E-state index is 13.3. The fourth-order valence-electron chi connectivity index (χ4n) is 4.56. The highest BCUT2D eigenvalue weighted by molar-refractivity contribution is 7.17. The molecular weight excluding hydrogens is 477 g/mol. The van der Waals surface area contributed by atoms with Crippen molar-refractivity contribution < 1.29 is 22.7 Å². The number of hydrogen-bond acceptors (Lipinski definition) is 6. The molecule has 5 rings (SSSR count). The molecule has 0 spiro atoms. The molecule has 3 aromatic rings. The fraction of sp³-hybridized carbons (Fsp3) is 0.360. The minimum atomic E-state index is -4.73. The number of pyridine rings is 1. The van der Waals surface area contributed by atoms with Crippen LogP contribution in [0, 0.1) is 0 Å². The maximum Gasteiger partial charge on any atom is 0.573 e. The highest BCUT2D eigenvalue weighted by Crippen LogP contribution is 2.37. The van der Waals surface area contributed by atoms with Gasteiger partial charge in [-0.1, -0.05) is 0 Å². The molecule has 1 amide bonds. The number of nitrogens with zero attached hydrogens (tertiary/aromatic N) is 4. The molecule has 2 aliphatic rings. The first-order valence-corrected chi connectivity index (χ1v) is 12.2. The number of fused-ring (bicyclic) bond motifs is 1. The number of rotatable bonds is 5. The van der Waals surface area contributed by atoms with Crippen LogP contribution in [-0.4, -0.2) is 61.9 Å². The zero-order valence-corrected chi connectivity index (χ0v) is 20.2. The molecule has 2 aliphatic heterocycles. The topological polar surface area (TPSA) is 48.9 Å². The number of aromatic nitrogens is 1. The normalized spacial score (nSPS) is 18.3. The lowest BCUT2D eigenvalue weighted by Crippen LogP contribution is -2.36. The summed E-state index contributed by atoms with van der Waals surface area (Å²) in [5.41, 5.74) is 2.46. The summed E-state index contributed by atoms with van der Waals surface area (Å²) in [5.74, 6) is 0.564. The predicted molar refractivity (Wildman–Crippen MR) is 130 cm³/mol. The van der Waals surface area contributed by atoms with Gasteiger partial charge in [-0.25, -0.2) is 4.98 Å². The van der Waals surface area contributed by atoms with Crippen LogP contribution in [0.4, 0.5) is 24.7 Å². The van der Waals surface area contributed by atoms with Crippen LogP contribution in [0.2, 0.25) is 0 Å². The molecule has 0 radical (unpaired) electrons. The van der Waals surface area contributed by atoms with E-state index in [-0.39, 0.29) is 11.7 Å². The second kappa shape index (κ2) is 9.16. The SMILES string of the molecule is CN(C)[C@H]1CCN(c2ccc(N3CCc4cc(-c5ccc(OC(F)(F)F)cc5)sc4C3=O)cn2)C1. The molecule has 35 heavy (non-hydrogen) atoms. The molecular formula is C25H25F3N4O2S. The van der Waals surface area contributed by atoms with E-state index in [4.69, 9.17) is 0 Å². The van der Waals surface area contributed by atoms with E-state index in [1.165, 1.54) is 23.5 Å². The molecule has 6 nitrogen and oxygen atoms in total. The average molecular weight is 503 g/mol. The second-order valence-electron chi connectivity index (χ2n) is 8.97. The summed E-state index contributed by atoms with van der Waals surface area (Å²) in [4.78, 5) is 25.6. The smallest absolute Gasteiger partial charge is 0.406 e. The van der Waals surface area contributed by atoms with Crippen LogP contribution in [0.15, 0.2) is 48.7 Å². The molecule has 1 atom stereocenters. The predicted octanol–water partition coefficient (Wildman–Crippen LogP) is 5.05. The van der Waals surface area contributed by atoms with Crippen molar-refractivity contribution in [2.24, 2.45) is 0 Å². The number of likely N-dealkylation sites (N-methyl/N-ethyl adjacent to an activating group) is 1. The van der Waals surface area contributed by atoms with Gasteiger partial charge in [-0.3, -0.25) is 4.79 Å². The zero-order valence-electron chi connectivity index (χ0n) is 19.4. The van der Waals surface area contributed by atoms with Crippen LogP contribution >= 0.6 is 11.3 Å². The third kappa shape index (κ3) is 4.99. The molecule has 1 fully saturated rings. The van der Waals surface area contributed by atoms with Crippen molar-refractivity contribution in [2.45, 2.75) is 25.2 Å². The van der Waals surface area contributed by atoms with E-state index < -0.39 is 6.36 Å². The molecule has 0 bridgehead atoms. The molecule has 0 N–H and O–H groups in total. The van der Waals surface area contributed by atoms with Gasteiger partial charge in [-0.2, -0.15) is 0 Å². The van der Waals surface area contributed by atoms with E-state index in [1.807, 2.05) is 18.2 Å². The summed E-state index contributed by atoms with van der Waals surface area (Å²) in [5, 5.41) is 0. The number of amides is 1. The van der Waals surface area contributed by atoms with Gasteiger partial charge in [0.1, 0.15) is 11.6 Å². The van der Waals surface area contributed by atoms with E-state index in [0.29, 0.717) is 23.9 Å². The number of ether oxygens (including phenoxy) is 1. The molecule has 10 heteroatoms. The van der Waals surface area contributed by atoms with Crippen molar-refractivity contribution in [1.82, 2.24) is 9.88 Å². The Kier molecular flexibility index (Phi) is 6.18. The summed E-state index contributed by atoms with van der Waals surface area (Å²) in [6, 6.07) is 12.1. The minimum absolute atomic E-state index is 0.0806. The average Bonchev–Trinajstić information content (AvgIpc) is 3.47. The lowest BCUT2D eigenvalue weighted by atomic mass is 10.1. The second-order valence-corrected chi connectivity index (χ2v) is 10.0. The van der Waals surface area contributed by atoms with Crippen molar-refractivity contribution in [3.8, 4) is 16.2 Å². The van der Waals surface area contributed by atoms with E-state index in [0.717, 1.165) is 47.0 Å².